The van der Waals surface area contributed by atoms with Crippen LogP contribution in [0.15, 0.2) is 30.9 Å². The minimum absolute atomic E-state index is 0.325. The van der Waals surface area contributed by atoms with E-state index in [1.54, 1.807) is 18.6 Å². The molecule has 2 rings (SSSR count). The molecule has 2 heterocycles. The van der Waals surface area contributed by atoms with E-state index in [0.29, 0.717) is 16.5 Å². The molecule has 0 aliphatic heterocycles. The van der Waals surface area contributed by atoms with Gasteiger partial charge in [-0.3, -0.25) is 0 Å². The fraction of sp³-hybridized carbons (Fsp3) is 0.250. The van der Waals surface area contributed by atoms with Crippen LogP contribution in [0.5, 0.6) is 0 Å². The Morgan fingerprint density at radius 3 is 3.06 bits per heavy atom. The molecule has 0 spiro atoms. The smallest absolute Gasteiger partial charge is 0.132 e. The van der Waals surface area contributed by atoms with Crippen molar-refractivity contribution >= 4 is 17.4 Å². The maximum Gasteiger partial charge on any atom is 0.132 e. The average molecular weight is 262 g/mol. The van der Waals surface area contributed by atoms with Crippen molar-refractivity contribution in [2.75, 3.05) is 11.9 Å². The highest BCUT2D eigenvalue weighted by molar-refractivity contribution is 6.29. The minimum atomic E-state index is 0.325. The summed E-state index contributed by atoms with van der Waals surface area (Å²) in [5, 5.41) is 12.3. The highest BCUT2D eigenvalue weighted by atomic mass is 35.5. The third-order valence-electron chi connectivity index (χ3n) is 2.38. The van der Waals surface area contributed by atoms with Crippen LogP contribution in [0.4, 0.5) is 5.82 Å². The van der Waals surface area contributed by atoms with Crippen molar-refractivity contribution in [3.8, 4) is 6.07 Å². The van der Waals surface area contributed by atoms with Crippen LogP contribution >= 0.6 is 11.6 Å². The highest BCUT2D eigenvalue weighted by Gasteiger charge is 2.00. The Labute approximate surface area is 110 Å². The van der Waals surface area contributed by atoms with E-state index >= 15 is 0 Å². The zero-order valence-electron chi connectivity index (χ0n) is 9.67. The van der Waals surface area contributed by atoms with Crippen molar-refractivity contribution in [3.63, 3.8) is 0 Å². The van der Waals surface area contributed by atoms with E-state index in [0.717, 1.165) is 19.5 Å². The lowest BCUT2D eigenvalue weighted by Gasteiger charge is -2.06. The first-order valence-electron chi connectivity index (χ1n) is 5.55. The second-order valence-corrected chi connectivity index (χ2v) is 4.14. The van der Waals surface area contributed by atoms with E-state index in [2.05, 4.69) is 15.3 Å². The number of hydrogen-bond acceptors (Lipinski definition) is 4. The molecule has 0 aromatic carbocycles. The predicted molar refractivity (Wildman–Crippen MR) is 69.3 cm³/mol. The third-order valence-corrected chi connectivity index (χ3v) is 2.58. The molecule has 6 heteroatoms. The number of nitrogens with zero attached hydrogens (tertiary/aromatic N) is 4. The molecule has 0 atom stereocenters. The lowest BCUT2D eigenvalue weighted by Crippen LogP contribution is -2.07. The first-order chi connectivity index (χ1) is 8.78. The Kier molecular flexibility index (Phi) is 4.15. The summed E-state index contributed by atoms with van der Waals surface area (Å²) in [4.78, 5) is 8.07. The quantitative estimate of drug-likeness (QED) is 0.662. The molecule has 92 valence electrons. The molecule has 0 aliphatic carbocycles. The number of anilines is 1. The number of halogens is 1. The lowest BCUT2D eigenvalue weighted by molar-refractivity contribution is 0.660. The number of aromatic nitrogens is 3. The van der Waals surface area contributed by atoms with Gasteiger partial charge in [0, 0.05) is 25.5 Å². The molecule has 0 bridgehead atoms. The van der Waals surface area contributed by atoms with Gasteiger partial charge in [0.15, 0.2) is 0 Å². The van der Waals surface area contributed by atoms with Gasteiger partial charge in [0.25, 0.3) is 0 Å². The molecular formula is C12H12ClN5. The van der Waals surface area contributed by atoms with E-state index in [9.17, 15) is 0 Å². The summed E-state index contributed by atoms with van der Waals surface area (Å²) in [6.07, 6.45) is 6.40. The number of aryl methyl sites for hydroxylation is 1. The van der Waals surface area contributed by atoms with E-state index < -0.39 is 0 Å². The molecule has 0 amide bonds. The second kappa shape index (κ2) is 6.03. The van der Waals surface area contributed by atoms with Crippen molar-refractivity contribution in [1.29, 1.82) is 5.26 Å². The SMILES string of the molecule is N#Cc1cc(Cl)nc(NCCCn2ccnc2)c1. The average Bonchev–Trinajstić information content (AvgIpc) is 2.87. The molecule has 0 fully saturated rings. The van der Waals surface area contributed by atoms with Gasteiger partial charge >= 0.3 is 0 Å². The van der Waals surface area contributed by atoms with E-state index in [1.807, 2.05) is 16.8 Å². The zero-order chi connectivity index (χ0) is 12.8. The monoisotopic (exact) mass is 261 g/mol. The number of imidazole rings is 1. The van der Waals surface area contributed by atoms with Gasteiger partial charge in [-0.1, -0.05) is 11.6 Å². The van der Waals surface area contributed by atoms with Gasteiger partial charge in [-0.2, -0.15) is 5.26 Å². The molecule has 0 saturated carbocycles. The molecule has 2 aromatic heterocycles. The maximum absolute atomic E-state index is 8.81. The van der Waals surface area contributed by atoms with Gasteiger partial charge in [0.2, 0.25) is 0 Å². The minimum Gasteiger partial charge on any atom is -0.370 e. The number of hydrogen-bond donors (Lipinski definition) is 1. The fourth-order valence-corrected chi connectivity index (χ4v) is 1.76. The third kappa shape index (κ3) is 3.47. The number of nitrogens with one attached hydrogen (secondary N) is 1. The van der Waals surface area contributed by atoms with Crippen molar-refractivity contribution in [3.05, 3.63) is 41.6 Å². The topological polar surface area (TPSA) is 66.5 Å². The molecule has 5 nitrogen and oxygen atoms in total. The van der Waals surface area contributed by atoms with Crippen LogP contribution in [-0.4, -0.2) is 21.1 Å². The second-order valence-electron chi connectivity index (χ2n) is 3.76. The fourth-order valence-electron chi connectivity index (χ4n) is 1.55. The summed E-state index contributed by atoms with van der Waals surface area (Å²) in [6, 6.07) is 5.27. The summed E-state index contributed by atoms with van der Waals surface area (Å²) in [6.45, 7) is 1.65. The largest absolute Gasteiger partial charge is 0.370 e. The van der Waals surface area contributed by atoms with Crippen LogP contribution in [0.3, 0.4) is 0 Å². The maximum atomic E-state index is 8.81. The molecular weight excluding hydrogens is 250 g/mol. The van der Waals surface area contributed by atoms with Crippen LogP contribution in [0.1, 0.15) is 12.0 Å². The van der Waals surface area contributed by atoms with Crippen molar-refractivity contribution in [2.45, 2.75) is 13.0 Å². The van der Waals surface area contributed by atoms with E-state index in [4.69, 9.17) is 16.9 Å². The van der Waals surface area contributed by atoms with Crippen LogP contribution < -0.4 is 5.32 Å². The number of nitriles is 1. The summed E-state index contributed by atoms with van der Waals surface area (Å²) >= 11 is 5.81. The van der Waals surface area contributed by atoms with Gasteiger partial charge < -0.3 is 9.88 Å². The zero-order valence-corrected chi connectivity index (χ0v) is 10.4. The van der Waals surface area contributed by atoms with Crippen molar-refractivity contribution in [1.82, 2.24) is 14.5 Å². The molecule has 0 unspecified atom stereocenters. The Morgan fingerprint density at radius 1 is 1.44 bits per heavy atom. The Balaban J connectivity index is 1.83. The Morgan fingerprint density at radius 2 is 2.33 bits per heavy atom. The lowest BCUT2D eigenvalue weighted by atomic mass is 10.3. The van der Waals surface area contributed by atoms with Gasteiger partial charge in [-0.05, 0) is 18.6 Å². The normalized spacial score (nSPS) is 10.0. The standard InChI is InChI=1S/C12H12ClN5/c13-11-6-10(8-14)7-12(17-11)16-2-1-4-18-5-3-15-9-18/h3,5-7,9H,1-2,4H2,(H,16,17). The number of rotatable bonds is 5. The van der Waals surface area contributed by atoms with Gasteiger partial charge in [0.1, 0.15) is 11.0 Å². The van der Waals surface area contributed by atoms with E-state index in [1.165, 1.54) is 6.07 Å². The summed E-state index contributed by atoms with van der Waals surface area (Å²) in [5.41, 5.74) is 0.507. The molecule has 18 heavy (non-hydrogen) atoms. The Bertz CT molecular complexity index is 544. The first-order valence-corrected chi connectivity index (χ1v) is 5.93. The predicted octanol–water partition coefficient (Wildman–Crippen LogP) is 2.31. The molecule has 0 saturated heterocycles. The molecule has 0 aliphatic rings. The van der Waals surface area contributed by atoms with Crippen molar-refractivity contribution < 1.29 is 0 Å². The van der Waals surface area contributed by atoms with Crippen LogP contribution in [0, 0.1) is 11.3 Å². The highest BCUT2D eigenvalue weighted by Crippen LogP contribution is 2.13. The first kappa shape index (κ1) is 12.4. The van der Waals surface area contributed by atoms with E-state index in [-0.39, 0.29) is 0 Å². The molecule has 1 N–H and O–H groups in total. The summed E-state index contributed by atoms with van der Waals surface area (Å²) in [7, 11) is 0. The van der Waals surface area contributed by atoms with Crippen molar-refractivity contribution in [2.24, 2.45) is 0 Å². The number of pyridine rings is 1. The summed E-state index contributed by atoms with van der Waals surface area (Å²) in [5.74, 6) is 0.629. The Hall–Kier alpha value is -2.06. The molecule has 2 aromatic rings. The summed E-state index contributed by atoms with van der Waals surface area (Å²) < 4.78 is 2.01. The molecule has 0 radical (unpaired) electrons. The van der Waals surface area contributed by atoms with Gasteiger partial charge in [-0.15, -0.1) is 0 Å². The van der Waals surface area contributed by atoms with Crippen LogP contribution in [-0.2, 0) is 6.54 Å². The van der Waals surface area contributed by atoms with Gasteiger partial charge in [-0.25, -0.2) is 9.97 Å². The van der Waals surface area contributed by atoms with Crippen LogP contribution in [0.25, 0.3) is 0 Å². The van der Waals surface area contributed by atoms with Crippen LogP contribution in [0.2, 0.25) is 5.15 Å². The van der Waals surface area contributed by atoms with Gasteiger partial charge in [0.05, 0.1) is 18.0 Å².